The van der Waals surface area contributed by atoms with Crippen molar-refractivity contribution in [3.8, 4) is 0 Å². The van der Waals surface area contributed by atoms with Gasteiger partial charge in [-0.3, -0.25) is 0 Å². The first-order chi connectivity index (χ1) is 6.18. The molecule has 0 atom stereocenters. The van der Waals surface area contributed by atoms with Crippen LogP contribution in [-0.4, -0.2) is 11.7 Å². The van der Waals surface area contributed by atoms with E-state index < -0.39 is 0 Å². The molecule has 13 heavy (non-hydrogen) atoms. The summed E-state index contributed by atoms with van der Waals surface area (Å²) in [7, 11) is 0. The molecule has 0 spiro atoms. The first-order valence-corrected chi connectivity index (χ1v) is 4.78. The SMILES string of the molecule is CC(C)=CCC1(CO)C=CCC=C1. The summed E-state index contributed by atoms with van der Waals surface area (Å²) in [4.78, 5) is 0. The Morgan fingerprint density at radius 3 is 2.46 bits per heavy atom. The highest BCUT2D eigenvalue weighted by molar-refractivity contribution is 5.20. The molecule has 1 nitrogen and oxygen atoms in total. The Hall–Kier alpha value is -0.820. The van der Waals surface area contributed by atoms with Crippen LogP contribution in [0.4, 0.5) is 0 Å². The Bertz CT molecular complexity index is 230. The van der Waals surface area contributed by atoms with E-state index in [1.807, 2.05) is 0 Å². The van der Waals surface area contributed by atoms with Crippen LogP contribution < -0.4 is 0 Å². The largest absolute Gasteiger partial charge is 0.395 e. The van der Waals surface area contributed by atoms with E-state index in [2.05, 4.69) is 44.2 Å². The average molecular weight is 178 g/mol. The molecule has 0 radical (unpaired) electrons. The summed E-state index contributed by atoms with van der Waals surface area (Å²) in [6.07, 6.45) is 12.6. The zero-order chi connectivity index (χ0) is 9.73. The molecule has 0 aliphatic heterocycles. The number of aliphatic hydroxyl groups is 1. The van der Waals surface area contributed by atoms with Crippen LogP contribution in [0.15, 0.2) is 36.0 Å². The van der Waals surface area contributed by atoms with Crippen LogP contribution in [-0.2, 0) is 0 Å². The van der Waals surface area contributed by atoms with Crippen molar-refractivity contribution in [2.75, 3.05) is 6.61 Å². The number of allylic oxidation sites excluding steroid dienone is 4. The highest BCUT2D eigenvalue weighted by atomic mass is 16.3. The fraction of sp³-hybridized carbons (Fsp3) is 0.500. The number of rotatable bonds is 3. The highest BCUT2D eigenvalue weighted by Crippen LogP contribution is 2.29. The van der Waals surface area contributed by atoms with Gasteiger partial charge in [0.2, 0.25) is 0 Å². The van der Waals surface area contributed by atoms with E-state index in [4.69, 9.17) is 0 Å². The Balaban J connectivity index is 2.69. The molecule has 1 heteroatoms. The molecule has 0 amide bonds. The van der Waals surface area contributed by atoms with Gasteiger partial charge >= 0.3 is 0 Å². The standard InChI is InChI=1S/C12H18O/c1-11(2)6-9-12(10-13)7-4-3-5-8-12/h4-8,13H,3,9-10H2,1-2H3. The molecule has 1 aliphatic carbocycles. The van der Waals surface area contributed by atoms with Crippen LogP contribution in [0.1, 0.15) is 26.7 Å². The van der Waals surface area contributed by atoms with Crippen molar-refractivity contribution in [3.05, 3.63) is 36.0 Å². The number of hydrogen-bond acceptors (Lipinski definition) is 1. The monoisotopic (exact) mass is 178 g/mol. The van der Waals surface area contributed by atoms with Crippen LogP contribution in [0.2, 0.25) is 0 Å². The van der Waals surface area contributed by atoms with E-state index in [0.29, 0.717) is 0 Å². The maximum Gasteiger partial charge on any atom is 0.0559 e. The normalized spacial score (nSPS) is 18.7. The second-order valence-electron chi connectivity index (χ2n) is 3.92. The van der Waals surface area contributed by atoms with Crippen molar-refractivity contribution < 1.29 is 5.11 Å². The second kappa shape index (κ2) is 4.43. The van der Waals surface area contributed by atoms with Gasteiger partial charge in [-0.25, -0.2) is 0 Å². The summed E-state index contributed by atoms with van der Waals surface area (Å²) in [5, 5.41) is 9.32. The van der Waals surface area contributed by atoms with Crippen molar-refractivity contribution in [2.45, 2.75) is 26.7 Å². The summed E-state index contributed by atoms with van der Waals surface area (Å²) in [6.45, 7) is 4.37. The average Bonchev–Trinajstić information content (AvgIpc) is 2.16. The van der Waals surface area contributed by atoms with E-state index in [0.717, 1.165) is 12.8 Å². The molecule has 0 bridgehead atoms. The predicted octanol–water partition coefficient (Wildman–Crippen LogP) is 2.84. The lowest BCUT2D eigenvalue weighted by molar-refractivity contribution is 0.206. The minimum absolute atomic E-state index is 0.129. The van der Waals surface area contributed by atoms with Gasteiger partial charge in [-0.15, -0.1) is 0 Å². The maximum absolute atomic E-state index is 9.32. The van der Waals surface area contributed by atoms with Crippen molar-refractivity contribution in [1.82, 2.24) is 0 Å². The Labute approximate surface area is 80.5 Å². The minimum atomic E-state index is -0.129. The van der Waals surface area contributed by atoms with Gasteiger partial charge in [-0.1, -0.05) is 36.0 Å². The Morgan fingerprint density at radius 2 is 2.00 bits per heavy atom. The van der Waals surface area contributed by atoms with Crippen LogP contribution >= 0.6 is 0 Å². The van der Waals surface area contributed by atoms with Crippen molar-refractivity contribution in [3.63, 3.8) is 0 Å². The van der Waals surface area contributed by atoms with Gasteiger partial charge in [0.05, 0.1) is 6.61 Å². The quantitative estimate of drug-likeness (QED) is 0.659. The summed E-state index contributed by atoms with van der Waals surface area (Å²) in [6, 6.07) is 0. The lowest BCUT2D eigenvalue weighted by atomic mass is 9.81. The topological polar surface area (TPSA) is 20.2 Å². The summed E-state index contributed by atoms with van der Waals surface area (Å²) >= 11 is 0. The fourth-order valence-electron chi connectivity index (χ4n) is 1.44. The van der Waals surface area contributed by atoms with Gasteiger partial charge in [-0.2, -0.15) is 0 Å². The Kier molecular flexibility index (Phi) is 3.49. The van der Waals surface area contributed by atoms with E-state index in [-0.39, 0.29) is 12.0 Å². The predicted molar refractivity (Wildman–Crippen MR) is 56.5 cm³/mol. The zero-order valence-electron chi connectivity index (χ0n) is 8.46. The molecule has 0 saturated carbocycles. The molecule has 0 aromatic rings. The lowest BCUT2D eigenvalue weighted by Gasteiger charge is -2.25. The fourth-order valence-corrected chi connectivity index (χ4v) is 1.44. The van der Waals surface area contributed by atoms with E-state index in [9.17, 15) is 5.11 Å². The molecule has 72 valence electrons. The summed E-state index contributed by atoms with van der Waals surface area (Å²) < 4.78 is 0. The van der Waals surface area contributed by atoms with Crippen molar-refractivity contribution in [1.29, 1.82) is 0 Å². The lowest BCUT2D eigenvalue weighted by Crippen LogP contribution is -2.20. The Morgan fingerprint density at radius 1 is 1.38 bits per heavy atom. The number of hydrogen-bond donors (Lipinski definition) is 1. The summed E-state index contributed by atoms with van der Waals surface area (Å²) in [5.74, 6) is 0. The van der Waals surface area contributed by atoms with Crippen LogP contribution in [0.25, 0.3) is 0 Å². The van der Waals surface area contributed by atoms with Crippen molar-refractivity contribution >= 4 is 0 Å². The first kappa shape index (κ1) is 10.3. The van der Waals surface area contributed by atoms with Gasteiger partial charge < -0.3 is 5.11 Å². The molecule has 0 aromatic carbocycles. The molecule has 0 aromatic heterocycles. The van der Waals surface area contributed by atoms with Gasteiger partial charge in [0.1, 0.15) is 0 Å². The second-order valence-corrected chi connectivity index (χ2v) is 3.92. The zero-order valence-corrected chi connectivity index (χ0v) is 8.46. The molecule has 1 rings (SSSR count). The minimum Gasteiger partial charge on any atom is -0.395 e. The number of aliphatic hydroxyl groups excluding tert-OH is 1. The van der Waals surface area contributed by atoms with Crippen LogP contribution in [0.5, 0.6) is 0 Å². The molecule has 0 heterocycles. The van der Waals surface area contributed by atoms with E-state index >= 15 is 0 Å². The first-order valence-electron chi connectivity index (χ1n) is 4.78. The smallest absolute Gasteiger partial charge is 0.0559 e. The van der Waals surface area contributed by atoms with Crippen LogP contribution in [0.3, 0.4) is 0 Å². The third kappa shape index (κ3) is 2.85. The van der Waals surface area contributed by atoms with E-state index in [1.165, 1.54) is 5.57 Å². The molecule has 0 saturated heterocycles. The molecule has 1 N–H and O–H groups in total. The molecular formula is C12H18O. The van der Waals surface area contributed by atoms with Crippen LogP contribution in [0, 0.1) is 5.41 Å². The maximum atomic E-state index is 9.32. The third-order valence-electron chi connectivity index (χ3n) is 2.36. The molecule has 0 unspecified atom stereocenters. The van der Waals surface area contributed by atoms with Gasteiger partial charge in [0.15, 0.2) is 0 Å². The molecule has 0 fully saturated rings. The highest BCUT2D eigenvalue weighted by Gasteiger charge is 2.22. The van der Waals surface area contributed by atoms with Gasteiger partial charge in [0.25, 0.3) is 0 Å². The van der Waals surface area contributed by atoms with Gasteiger partial charge in [-0.05, 0) is 26.7 Å². The summed E-state index contributed by atoms with van der Waals surface area (Å²) in [5.41, 5.74) is 1.18. The van der Waals surface area contributed by atoms with E-state index in [1.54, 1.807) is 0 Å². The van der Waals surface area contributed by atoms with Crippen molar-refractivity contribution in [2.24, 2.45) is 5.41 Å². The van der Waals surface area contributed by atoms with Gasteiger partial charge in [0, 0.05) is 5.41 Å². The molecule has 1 aliphatic rings. The third-order valence-corrected chi connectivity index (χ3v) is 2.36. The molecular weight excluding hydrogens is 160 g/mol.